The number of aromatic nitrogens is 2. The maximum absolute atomic E-state index is 2.63. The van der Waals surface area contributed by atoms with Gasteiger partial charge in [0.2, 0.25) is 5.52 Å². The van der Waals surface area contributed by atoms with E-state index in [-0.39, 0.29) is 3.42 Å². The van der Waals surface area contributed by atoms with E-state index in [9.17, 15) is 0 Å². The lowest BCUT2D eigenvalue weighted by atomic mass is 9.88. The first-order valence-electron chi connectivity index (χ1n) is 12.8. The lowest BCUT2D eigenvalue weighted by Gasteiger charge is -2.23. The Kier molecular flexibility index (Phi) is 4.53. The van der Waals surface area contributed by atoms with Crippen LogP contribution in [0.15, 0.2) is 60.8 Å². The van der Waals surface area contributed by atoms with E-state index in [0.717, 1.165) is 6.42 Å². The first-order valence-corrected chi connectivity index (χ1v) is 13.8. The minimum atomic E-state index is 0.126. The highest BCUT2D eigenvalue weighted by atomic mass is 127. The summed E-state index contributed by atoms with van der Waals surface area (Å²) < 4.78 is 5.09. The van der Waals surface area contributed by atoms with E-state index in [1.54, 1.807) is 0 Å². The number of pyridine rings is 2. The predicted molar refractivity (Wildman–Crippen MR) is 163 cm³/mol. The Morgan fingerprint density at radius 3 is 2.22 bits per heavy atom. The van der Waals surface area contributed by atoms with Gasteiger partial charge in [-0.3, -0.25) is 0 Å². The molecule has 0 aliphatic heterocycles. The zero-order valence-electron chi connectivity index (χ0n) is 21.8. The van der Waals surface area contributed by atoms with Gasteiger partial charge in [-0.1, -0.05) is 84.5 Å². The zero-order chi connectivity index (χ0) is 25.1. The fourth-order valence-corrected chi connectivity index (χ4v) is 6.94. The number of aryl methyl sites for hydroxylation is 4. The number of hydrogen-bond acceptors (Lipinski definition) is 0. The Morgan fingerprint density at radius 2 is 1.47 bits per heavy atom. The molecule has 178 valence electrons. The summed E-state index contributed by atoms with van der Waals surface area (Å²) in [5, 5.41) is 9.51. The summed E-state index contributed by atoms with van der Waals surface area (Å²) in [6.07, 6.45) is 3.24. The highest BCUT2D eigenvalue weighted by molar-refractivity contribution is 14.1. The summed E-state index contributed by atoms with van der Waals surface area (Å²) in [6.45, 7) is 11.5. The van der Waals surface area contributed by atoms with Crippen LogP contribution in [0.3, 0.4) is 0 Å². The van der Waals surface area contributed by atoms with Crippen LogP contribution in [0.5, 0.6) is 0 Å². The SMILES string of the molecule is Cc1ccc2c(C)c3c(c(CC(C)(C)I)c2c1)n1c2cc(C)ccc2c2ccc4cc[n+](C)c3c4c21. The molecule has 3 heterocycles. The summed E-state index contributed by atoms with van der Waals surface area (Å²) >= 11 is 2.63. The summed E-state index contributed by atoms with van der Waals surface area (Å²) in [7, 11) is 2.21. The third-order valence-electron chi connectivity index (χ3n) is 8.04. The Hall–Kier alpha value is -2.92. The molecule has 0 amide bonds. The average molecular weight is 582 g/mol. The molecule has 7 aromatic rings. The van der Waals surface area contributed by atoms with Crippen LogP contribution in [-0.4, -0.2) is 7.82 Å². The van der Waals surface area contributed by atoms with Gasteiger partial charge in [0.15, 0.2) is 6.20 Å². The van der Waals surface area contributed by atoms with Crippen LogP contribution < -0.4 is 4.57 Å². The van der Waals surface area contributed by atoms with Crippen LogP contribution in [-0.2, 0) is 13.5 Å². The molecule has 0 aliphatic carbocycles. The minimum absolute atomic E-state index is 0.126. The fourth-order valence-electron chi connectivity index (χ4n) is 6.56. The number of rotatable bonds is 2. The van der Waals surface area contributed by atoms with E-state index in [1.165, 1.54) is 82.0 Å². The zero-order valence-corrected chi connectivity index (χ0v) is 23.9. The van der Waals surface area contributed by atoms with Crippen molar-refractivity contribution in [2.45, 2.75) is 44.5 Å². The highest BCUT2D eigenvalue weighted by Gasteiger charge is 2.28. The molecule has 3 aromatic heterocycles. The van der Waals surface area contributed by atoms with Crippen molar-refractivity contribution in [3.8, 4) is 0 Å². The molecule has 0 spiro atoms. The third kappa shape index (κ3) is 2.92. The molecule has 4 aromatic carbocycles. The normalized spacial score (nSPS) is 13.0. The molecular weight excluding hydrogens is 551 g/mol. The molecule has 7 rings (SSSR count). The van der Waals surface area contributed by atoms with Gasteiger partial charge in [-0.25, -0.2) is 4.57 Å². The van der Waals surface area contributed by atoms with Crippen molar-refractivity contribution in [3.63, 3.8) is 0 Å². The molecule has 0 unspecified atom stereocenters. The van der Waals surface area contributed by atoms with Gasteiger partial charge in [0, 0.05) is 20.3 Å². The van der Waals surface area contributed by atoms with Crippen molar-refractivity contribution < 1.29 is 4.57 Å². The Balaban J connectivity index is 1.95. The van der Waals surface area contributed by atoms with Crippen molar-refractivity contribution in [2.24, 2.45) is 7.05 Å². The Morgan fingerprint density at radius 1 is 0.778 bits per heavy atom. The lowest BCUT2D eigenvalue weighted by molar-refractivity contribution is -0.643. The molecule has 0 atom stereocenters. The van der Waals surface area contributed by atoms with Crippen LogP contribution >= 0.6 is 22.6 Å². The van der Waals surface area contributed by atoms with E-state index < -0.39 is 0 Å². The van der Waals surface area contributed by atoms with Gasteiger partial charge in [-0.15, -0.1) is 0 Å². The van der Waals surface area contributed by atoms with Crippen molar-refractivity contribution in [1.29, 1.82) is 0 Å². The van der Waals surface area contributed by atoms with Gasteiger partial charge in [0.05, 0.1) is 27.3 Å². The topological polar surface area (TPSA) is 8.29 Å². The van der Waals surface area contributed by atoms with E-state index >= 15 is 0 Å². The van der Waals surface area contributed by atoms with Gasteiger partial charge in [0.25, 0.3) is 0 Å². The molecule has 0 radical (unpaired) electrons. The predicted octanol–water partition coefficient (Wildman–Crippen LogP) is 8.65. The van der Waals surface area contributed by atoms with Gasteiger partial charge >= 0.3 is 0 Å². The van der Waals surface area contributed by atoms with Crippen LogP contribution in [0.1, 0.15) is 36.1 Å². The summed E-state index contributed by atoms with van der Waals surface area (Å²) in [5.74, 6) is 0. The molecule has 0 saturated heterocycles. The van der Waals surface area contributed by atoms with Crippen molar-refractivity contribution in [2.75, 3.05) is 0 Å². The number of halogens is 1. The number of fused-ring (bicyclic) bond motifs is 7. The molecule has 3 heteroatoms. The van der Waals surface area contributed by atoms with E-state index in [1.807, 2.05) is 0 Å². The lowest BCUT2D eigenvalue weighted by Crippen LogP contribution is -2.29. The standard InChI is InChI=1S/C33H30IN2/c1-18-7-10-22-20(3)28-31(26(25(22)15-18)17-33(4,5)34)36-27-16-19(2)8-11-23(27)24-12-9-21-13-14-35(6)32(28)29(21)30(24)36/h7-16H,17H2,1-6H3/q+1. The maximum Gasteiger partial charge on any atom is 0.224 e. The largest absolute Gasteiger partial charge is 0.307 e. The summed E-state index contributed by atoms with van der Waals surface area (Å²) in [6, 6.07) is 20.9. The molecule has 0 bridgehead atoms. The van der Waals surface area contributed by atoms with E-state index in [4.69, 9.17) is 0 Å². The molecule has 0 fully saturated rings. The van der Waals surface area contributed by atoms with Crippen LogP contribution in [0, 0.1) is 20.8 Å². The number of benzene rings is 4. The molecular formula is C33H30IN2+. The van der Waals surface area contributed by atoms with Crippen molar-refractivity contribution in [1.82, 2.24) is 4.40 Å². The summed E-state index contributed by atoms with van der Waals surface area (Å²) in [4.78, 5) is 0. The second kappa shape index (κ2) is 7.32. The molecule has 2 nitrogen and oxygen atoms in total. The minimum Gasteiger partial charge on any atom is -0.307 e. The first kappa shape index (κ1) is 22.3. The monoisotopic (exact) mass is 581 g/mol. The van der Waals surface area contributed by atoms with Gasteiger partial charge < -0.3 is 4.40 Å². The summed E-state index contributed by atoms with van der Waals surface area (Å²) in [5.41, 5.74) is 10.8. The Labute approximate surface area is 225 Å². The number of alkyl halides is 1. The van der Waals surface area contributed by atoms with Gasteiger partial charge in [-0.2, -0.15) is 0 Å². The number of nitrogens with zero attached hydrogens (tertiary/aromatic N) is 2. The molecule has 36 heavy (non-hydrogen) atoms. The van der Waals surface area contributed by atoms with Gasteiger partial charge in [-0.05, 0) is 66.1 Å². The first-order chi connectivity index (χ1) is 17.1. The average Bonchev–Trinajstić information content (AvgIpc) is 3.14. The van der Waals surface area contributed by atoms with Crippen LogP contribution in [0.4, 0.5) is 0 Å². The van der Waals surface area contributed by atoms with E-state index in [0.29, 0.717) is 0 Å². The third-order valence-corrected chi connectivity index (χ3v) is 8.43. The maximum atomic E-state index is 2.63. The highest BCUT2D eigenvalue weighted by Crippen LogP contribution is 2.45. The second-order valence-electron chi connectivity index (χ2n) is 11.3. The second-order valence-corrected chi connectivity index (χ2v) is 14.2. The quantitative estimate of drug-likeness (QED) is 0.0635. The molecule has 0 N–H and O–H groups in total. The Bertz CT molecular complexity index is 2040. The van der Waals surface area contributed by atoms with Crippen LogP contribution in [0.2, 0.25) is 0 Å². The fraction of sp³-hybridized carbons (Fsp3) is 0.242. The smallest absolute Gasteiger partial charge is 0.224 e. The number of hydrogen-bond donors (Lipinski definition) is 0. The molecule has 0 aliphatic rings. The van der Waals surface area contributed by atoms with E-state index in [2.05, 4.69) is 134 Å². The molecule has 0 saturated carbocycles. The van der Waals surface area contributed by atoms with Crippen molar-refractivity contribution in [3.05, 3.63) is 83.0 Å². The van der Waals surface area contributed by atoms with Crippen LogP contribution in [0.25, 0.3) is 59.8 Å². The van der Waals surface area contributed by atoms with Crippen molar-refractivity contribution >= 4 is 82.4 Å². The van der Waals surface area contributed by atoms with Gasteiger partial charge in [0.1, 0.15) is 7.05 Å².